The first-order chi connectivity index (χ1) is 32.1. The van der Waals surface area contributed by atoms with Gasteiger partial charge in [0, 0.05) is 19.3 Å². The van der Waals surface area contributed by atoms with Crippen molar-refractivity contribution < 1.29 is 38.2 Å². The monoisotopic (exact) mass is 915 g/mol. The number of ether oxygens (including phenoxy) is 3. The smallest absolute Gasteiger partial charge is 0.362 e. The van der Waals surface area contributed by atoms with Crippen LogP contribution in [0.3, 0.4) is 0 Å². The number of carboxylic acids is 1. The molecular weight excluding hydrogens is 823 g/mol. The van der Waals surface area contributed by atoms with Crippen LogP contribution in [-0.4, -0.2) is 80.6 Å². The van der Waals surface area contributed by atoms with Gasteiger partial charge in [-0.1, -0.05) is 167 Å². The molecule has 0 aromatic heterocycles. The summed E-state index contributed by atoms with van der Waals surface area (Å²) >= 11 is 0. The first kappa shape index (κ1) is 61.5. The van der Waals surface area contributed by atoms with E-state index in [-0.39, 0.29) is 42.7 Å². The van der Waals surface area contributed by atoms with Crippen LogP contribution in [0.25, 0.3) is 0 Å². The molecule has 0 saturated carbocycles. The van der Waals surface area contributed by atoms with Gasteiger partial charge >= 0.3 is 17.9 Å². The number of hydrogen-bond donors (Lipinski definition) is 1. The molecule has 2 atom stereocenters. The van der Waals surface area contributed by atoms with Gasteiger partial charge in [0.25, 0.3) is 0 Å². The first-order valence-corrected chi connectivity index (χ1v) is 25.2. The van der Waals surface area contributed by atoms with Gasteiger partial charge in [0.2, 0.25) is 0 Å². The number of nitrogens with zero attached hydrogens (tertiary/aromatic N) is 1. The fourth-order valence-corrected chi connectivity index (χ4v) is 6.47. The Morgan fingerprint density at radius 3 is 1.18 bits per heavy atom. The van der Waals surface area contributed by atoms with Gasteiger partial charge in [-0.3, -0.25) is 9.59 Å². The van der Waals surface area contributed by atoms with Gasteiger partial charge in [-0.2, -0.15) is 0 Å². The van der Waals surface area contributed by atoms with E-state index >= 15 is 0 Å². The molecule has 2 unspecified atom stereocenters. The van der Waals surface area contributed by atoms with E-state index in [9.17, 15) is 19.5 Å². The zero-order valence-electron chi connectivity index (χ0n) is 42.1. The Labute approximate surface area is 403 Å². The van der Waals surface area contributed by atoms with Crippen LogP contribution in [-0.2, 0) is 28.6 Å². The van der Waals surface area contributed by atoms with Crippen LogP contribution in [0, 0.1) is 0 Å². The van der Waals surface area contributed by atoms with E-state index in [1.807, 2.05) is 21.1 Å². The average Bonchev–Trinajstić information content (AvgIpc) is 3.28. The lowest BCUT2D eigenvalue weighted by atomic mass is 10.1. The van der Waals surface area contributed by atoms with Crippen molar-refractivity contribution in [1.29, 1.82) is 0 Å². The molecule has 0 amide bonds. The lowest BCUT2D eigenvalue weighted by molar-refractivity contribution is -0.887. The van der Waals surface area contributed by atoms with Crippen molar-refractivity contribution in [3.8, 4) is 0 Å². The summed E-state index contributed by atoms with van der Waals surface area (Å²) in [4.78, 5) is 37.2. The summed E-state index contributed by atoms with van der Waals surface area (Å²) in [6.07, 6.45) is 67.8. The second-order valence-electron chi connectivity index (χ2n) is 17.3. The first-order valence-electron chi connectivity index (χ1n) is 25.2. The van der Waals surface area contributed by atoms with Gasteiger partial charge in [0.05, 0.1) is 34.4 Å². The zero-order chi connectivity index (χ0) is 48.4. The third-order valence-corrected chi connectivity index (χ3v) is 10.3. The highest BCUT2D eigenvalue weighted by atomic mass is 16.6. The van der Waals surface area contributed by atoms with Gasteiger partial charge < -0.3 is 23.8 Å². The number of allylic oxidation sites excluding steroid dienone is 22. The Bertz CT molecular complexity index is 1530. The number of unbranched alkanes of at least 4 members (excludes halogenated alkanes) is 7. The quantitative estimate of drug-likeness (QED) is 0.0281. The summed E-state index contributed by atoms with van der Waals surface area (Å²) in [5, 5.41) is 9.65. The molecule has 0 bridgehead atoms. The van der Waals surface area contributed by atoms with Crippen molar-refractivity contribution in [2.24, 2.45) is 0 Å². The van der Waals surface area contributed by atoms with E-state index in [2.05, 4.69) is 148 Å². The third-order valence-electron chi connectivity index (χ3n) is 10.3. The molecule has 0 radical (unpaired) electrons. The van der Waals surface area contributed by atoms with Crippen LogP contribution in [0.2, 0.25) is 0 Å². The number of quaternary nitrogens is 1. The lowest BCUT2D eigenvalue weighted by Crippen LogP contribution is -2.50. The summed E-state index contributed by atoms with van der Waals surface area (Å²) in [5.74, 6) is -1.56. The number of carbonyl (C=O) groups excluding carboxylic acids is 2. The predicted molar refractivity (Wildman–Crippen MR) is 279 cm³/mol. The molecule has 0 aliphatic carbocycles. The second-order valence-corrected chi connectivity index (χ2v) is 17.3. The van der Waals surface area contributed by atoms with Crippen molar-refractivity contribution in [2.75, 3.05) is 41.0 Å². The molecule has 0 rings (SSSR count). The largest absolute Gasteiger partial charge is 0.477 e. The molecule has 0 aliphatic rings. The molecule has 8 heteroatoms. The molecule has 0 aromatic rings. The van der Waals surface area contributed by atoms with Crippen molar-refractivity contribution >= 4 is 17.9 Å². The Morgan fingerprint density at radius 2 is 0.803 bits per heavy atom. The molecule has 370 valence electrons. The molecule has 1 N–H and O–H groups in total. The normalized spacial score (nSPS) is 14.0. The maximum absolute atomic E-state index is 12.8. The standard InChI is InChI=1S/C58H91NO7/c1-6-8-10-12-14-16-18-20-22-24-26-28-29-31-32-34-36-38-40-42-44-46-48-56(60)65-53-54(52-64-51-50-55(58(62)63)59(3,4)5)66-57(61)49-47-45-43-41-39-37-35-33-30-27-25-23-21-19-17-15-13-11-9-7-2/h8-11,14-17,20-23,26-28,30-32,35-38,54-55H,6-7,12-13,18-19,24-25,29,33-34,39-53H2,1-5H3/p+1/b10-8+,11-9+,16-14+,17-15+,22-20+,23-21+,28-26+,30-27+,32-31+,37-35+,38-36+. The SMILES string of the molecule is CC/C=C/C/C=C/C/C=C/C/C=C/C/C=C/C/C=C/CCCCCC(=O)OCC(COCCC(C(=O)O)[N+](C)(C)C)OC(=O)CCCCCC/C=C/C/C=C/C/C=C/C/C=C/C/C=C/CC. The minimum atomic E-state index is -0.891. The van der Waals surface area contributed by atoms with E-state index < -0.39 is 18.1 Å². The highest BCUT2D eigenvalue weighted by molar-refractivity contribution is 5.72. The molecule has 8 nitrogen and oxygen atoms in total. The van der Waals surface area contributed by atoms with Gasteiger partial charge in [-0.15, -0.1) is 0 Å². The summed E-state index contributed by atoms with van der Waals surface area (Å²) in [7, 11) is 5.50. The number of esters is 2. The van der Waals surface area contributed by atoms with Crippen LogP contribution in [0.15, 0.2) is 134 Å². The topological polar surface area (TPSA) is 99.1 Å². The van der Waals surface area contributed by atoms with Crippen molar-refractivity contribution in [3.05, 3.63) is 134 Å². The molecule has 0 aromatic carbocycles. The Kier molecular flexibility index (Phi) is 43.8. The molecule has 0 spiro atoms. The maximum Gasteiger partial charge on any atom is 0.362 e. The number of carboxylic acid groups (broad SMARTS) is 1. The number of rotatable bonds is 43. The molecular formula is C58H92NO7+. The summed E-state index contributed by atoms with van der Waals surface area (Å²) in [6.45, 7) is 4.42. The highest BCUT2D eigenvalue weighted by Crippen LogP contribution is 2.12. The van der Waals surface area contributed by atoms with E-state index in [1.165, 1.54) is 0 Å². The van der Waals surface area contributed by atoms with Gasteiger partial charge in [0.1, 0.15) is 6.61 Å². The molecule has 0 fully saturated rings. The maximum atomic E-state index is 12.8. The van der Waals surface area contributed by atoms with E-state index in [1.54, 1.807) is 0 Å². The second kappa shape index (κ2) is 47.0. The molecule has 0 heterocycles. The summed E-state index contributed by atoms with van der Waals surface area (Å²) < 4.78 is 17.3. The van der Waals surface area contributed by atoms with Crippen LogP contribution < -0.4 is 0 Å². The van der Waals surface area contributed by atoms with Crippen LogP contribution in [0.4, 0.5) is 0 Å². The van der Waals surface area contributed by atoms with Crippen LogP contribution in [0.5, 0.6) is 0 Å². The molecule has 66 heavy (non-hydrogen) atoms. The Hall–Kier alpha value is -4.53. The fourth-order valence-electron chi connectivity index (χ4n) is 6.47. The lowest BCUT2D eigenvalue weighted by Gasteiger charge is -2.31. The minimum absolute atomic E-state index is 0.0295. The van der Waals surface area contributed by atoms with Crippen molar-refractivity contribution in [3.63, 3.8) is 0 Å². The van der Waals surface area contributed by atoms with Gasteiger partial charge in [-0.05, 0) is 109 Å². The van der Waals surface area contributed by atoms with Crippen molar-refractivity contribution in [1.82, 2.24) is 0 Å². The van der Waals surface area contributed by atoms with Crippen LogP contribution >= 0.6 is 0 Å². The van der Waals surface area contributed by atoms with E-state index in [0.717, 1.165) is 128 Å². The van der Waals surface area contributed by atoms with E-state index in [0.29, 0.717) is 12.8 Å². The zero-order valence-corrected chi connectivity index (χ0v) is 42.1. The Morgan fingerprint density at radius 1 is 0.455 bits per heavy atom. The molecule has 0 aliphatic heterocycles. The number of hydrogen-bond acceptors (Lipinski definition) is 6. The van der Waals surface area contributed by atoms with E-state index in [4.69, 9.17) is 14.2 Å². The fraction of sp³-hybridized carbons (Fsp3) is 0.569. The minimum Gasteiger partial charge on any atom is -0.477 e. The van der Waals surface area contributed by atoms with Gasteiger partial charge in [-0.25, -0.2) is 4.79 Å². The van der Waals surface area contributed by atoms with Crippen LogP contribution in [0.1, 0.15) is 162 Å². The average molecular weight is 915 g/mol. The highest BCUT2D eigenvalue weighted by Gasteiger charge is 2.31. The summed E-state index contributed by atoms with van der Waals surface area (Å²) in [5.41, 5.74) is 0. The predicted octanol–water partition coefficient (Wildman–Crippen LogP) is 14.7. The van der Waals surface area contributed by atoms with Gasteiger partial charge in [0.15, 0.2) is 12.1 Å². The number of likely N-dealkylation sites (N-methyl/N-ethyl adjacent to an activating group) is 1. The number of aliphatic carboxylic acids is 1. The Balaban J connectivity index is 4.42. The summed E-state index contributed by atoms with van der Waals surface area (Å²) in [6, 6.07) is -0.635. The third kappa shape index (κ3) is 44.7. The molecule has 0 saturated heterocycles. The van der Waals surface area contributed by atoms with Crippen molar-refractivity contribution in [2.45, 2.75) is 174 Å². The number of carbonyl (C=O) groups is 3.